The van der Waals surface area contributed by atoms with E-state index in [0.29, 0.717) is 26.3 Å². The van der Waals surface area contributed by atoms with Crippen molar-refractivity contribution in [3.63, 3.8) is 0 Å². The minimum Gasteiger partial charge on any atom is -0.357 e. The number of benzene rings is 4. The highest BCUT2D eigenvalue weighted by Crippen LogP contribution is 2.28. The maximum absolute atomic E-state index is 14.3. The zero-order chi connectivity index (χ0) is 31.1. The van der Waals surface area contributed by atoms with Gasteiger partial charge in [-0.3, -0.25) is 13.9 Å². The topological polar surface area (TPSA) is 86.8 Å². The highest BCUT2D eigenvalue weighted by molar-refractivity contribution is 7.92. The Morgan fingerprint density at radius 1 is 0.837 bits per heavy atom. The lowest BCUT2D eigenvalue weighted by Gasteiger charge is -2.34. The number of hydrogen-bond donors (Lipinski definition) is 1. The average molecular weight is 659 g/mol. The average Bonchev–Trinajstić information content (AvgIpc) is 2.98. The molecule has 2 amide bonds. The van der Waals surface area contributed by atoms with E-state index in [4.69, 9.17) is 34.8 Å². The van der Waals surface area contributed by atoms with E-state index >= 15 is 0 Å². The van der Waals surface area contributed by atoms with Gasteiger partial charge in [0.05, 0.1) is 10.6 Å². The number of hydrogen-bond acceptors (Lipinski definition) is 4. The molecule has 0 unspecified atom stereocenters. The molecule has 4 aromatic carbocycles. The van der Waals surface area contributed by atoms with Gasteiger partial charge in [-0.15, -0.1) is 0 Å². The monoisotopic (exact) mass is 657 g/mol. The Morgan fingerprint density at radius 2 is 1.51 bits per heavy atom. The summed E-state index contributed by atoms with van der Waals surface area (Å²) in [5.74, 6) is -1.01. The zero-order valence-corrected chi connectivity index (χ0v) is 26.6. The van der Waals surface area contributed by atoms with Gasteiger partial charge in [0.15, 0.2) is 0 Å². The zero-order valence-electron chi connectivity index (χ0n) is 23.5. The number of rotatable bonds is 11. The molecule has 0 saturated carbocycles. The van der Waals surface area contributed by atoms with Gasteiger partial charge in [-0.2, -0.15) is 0 Å². The second-order valence-corrected chi connectivity index (χ2v) is 13.0. The molecule has 11 heteroatoms. The van der Waals surface area contributed by atoms with E-state index in [1.165, 1.54) is 36.2 Å². The number of nitrogens with zero attached hydrogens (tertiary/aromatic N) is 2. The molecule has 0 aromatic heterocycles. The summed E-state index contributed by atoms with van der Waals surface area (Å²) < 4.78 is 29.1. The first-order valence-corrected chi connectivity index (χ1v) is 15.9. The predicted octanol–water partition coefficient (Wildman–Crippen LogP) is 6.54. The van der Waals surface area contributed by atoms with Crippen LogP contribution in [0.2, 0.25) is 15.1 Å². The van der Waals surface area contributed by atoms with Crippen LogP contribution in [-0.2, 0) is 32.6 Å². The predicted molar refractivity (Wildman–Crippen MR) is 172 cm³/mol. The summed E-state index contributed by atoms with van der Waals surface area (Å²) in [6.45, 7) is 1.18. The molecule has 1 atom stereocenters. The number of halogens is 3. The van der Waals surface area contributed by atoms with Crippen LogP contribution in [0.1, 0.15) is 16.7 Å². The van der Waals surface area contributed by atoms with E-state index in [9.17, 15) is 18.0 Å². The van der Waals surface area contributed by atoms with Gasteiger partial charge >= 0.3 is 0 Å². The van der Waals surface area contributed by atoms with Gasteiger partial charge in [-0.05, 0) is 72.1 Å². The Bertz CT molecular complexity index is 1700. The molecule has 4 aromatic rings. The van der Waals surface area contributed by atoms with Crippen molar-refractivity contribution in [1.82, 2.24) is 10.2 Å². The number of carbonyl (C=O) groups is 2. The fraction of sp³-hybridized carbons (Fsp3) is 0.188. The summed E-state index contributed by atoms with van der Waals surface area (Å²) in [7, 11) is -2.74. The van der Waals surface area contributed by atoms with Gasteiger partial charge in [-0.1, -0.05) is 83.3 Å². The van der Waals surface area contributed by atoms with Crippen LogP contribution in [0.4, 0.5) is 5.69 Å². The maximum Gasteiger partial charge on any atom is 0.264 e. The van der Waals surface area contributed by atoms with Gasteiger partial charge in [-0.25, -0.2) is 8.42 Å². The van der Waals surface area contributed by atoms with Crippen molar-refractivity contribution < 1.29 is 18.0 Å². The number of carbonyl (C=O) groups excluding carboxylic acids is 2. The molecule has 4 rings (SSSR count). The molecule has 0 spiro atoms. The van der Waals surface area contributed by atoms with Crippen LogP contribution in [0, 0.1) is 6.92 Å². The lowest BCUT2D eigenvalue weighted by Crippen LogP contribution is -2.53. The fourth-order valence-corrected chi connectivity index (χ4v) is 6.60. The fourth-order valence-electron chi connectivity index (χ4n) is 4.60. The van der Waals surface area contributed by atoms with Crippen molar-refractivity contribution in [2.24, 2.45) is 0 Å². The quantitative estimate of drug-likeness (QED) is 0.198. The molecule has 0 aliphatic carbocycles. The third kappa shape index (κ3) is 8.09. The molecular formula is C32H30Cl3N3O4S. The van der Waals surface area contributed by atoms with E-state index in [1.807, 2.05) is 43.3 Å². The van der Waals surface area contributed by atoms with Gasteiger partial charge in [0, 0.05) is 35.1 Å². The molecule has 7 nitrogen and oxygen atoms in total. The standard InChI is InChI=1S/C32H30Cl3N3O4S/c1-22-7-6-10-27(17-22)38(43(41,42)28-15-13-25(33)14-16-28)21-31(39)37(20-24-11-12-26(34)19-29(24)35)30(32(40)36-2)18-23-8-4-3-5-9-23/h3-17,19,30H,18,20-21H2,1-2H3,(H,36,40)/t30-/m0/s1. The first-order valence-electron chi connectivity index (χ1n) is 13.3. The summed E-state index contributed by atoms with van der Waals surface area (Å²) in [6.07, 6.45) is 0.186. The highest BCUT2D eigenvalue weighted by atomic mass is 35.5. The minimum absolute atomic E-state index is 0.0364. The molecule has 0 fully saturated rings. The number of anilines is 1. The second-order valence-electron chi connectivity index (χ2n) is 9.88. The first-order chi connectivity index (χ1) is 20.5. The van der Waals surface area contributed by atoms with Gasteiger partial charge in [0.25, 0.3) is 10.0 Å². The Balaban J connectivity index is 1.81. The van der Waals surface area contributed by atoms with E-state index in [1.54, 1.807) is 36.4 Å². The molecule has 0 saturated heterocycles. The largest absolute Gasteiger partial charge is 0.357 e. The molecule has 1 N–H and O–H groups in total. The van der Waals surface area contributed by atoms with E-state index in [-0.39, 0.29) is 17.9 Å². The number of sulfonamides is 1. The lowest BCUT2D eigenvalue weighted by molar-refractivity contribution is -0.139. The summed E-state index contributed by atoms with van der Waals surface area (Å²) in [5, 5.41) is 3.75. The smallest absolute Gasteiger partial charge is 0.264 e. The van der Waals surface area contributed by atoms with Crippen LogP contribution < -0.4 is 9.62 Å². The summed E-state index contributed by atoms with van der Waals surface area (Å²) in [4.78, 5) is 29.0. The van der Waals surface area contributed by atoms with E-state index in [0.717, 1.165) is 15.4 Å². The van der Waals surface area contributed by atoms with Crippen LogP contribution in [0.15, 0.2) is 102 Å². The number of aryl methyl sites for hydroxylation is 1. The number of nitrogens with one attached hydrogen (secondary N) is 1. The van der Waals surface area contributed by atoms with Gasteiger partial charge < -0.3 is 10.2 Å². The van der Waals surface area contributed by atoms with Crippen LogP contribution in [0.5, 0.6) is 0 Å². The van der Waals surface area contributed by atoms with Crippen molar-refractivity contribution in [1.29, 1.82) is 0 Å². The Labute approximate surface area is 267 Å². The van der Waals surface area contributed by atoms with E-state index in [2.05, 4.69) is 5.32 Å². The number of likely N-dealkylation sites (N-methyl/N-ethyl adjacent to an activating group) is 1. The van der Waals surface area contributed by atoms with Gasteiger partial charge in [0.1, 0.15) is 12.6 Å². The molecule has 224 valence electrons. The van der Waals surface area contributed by atoms with Crippen molar-refractivity contribution in [2.45, 2.75) is 30.8 Å². The first kappa shape index (κ1) is 32.4. The second kappa shape index (κ2) is 14.3. The Morgan fingerprint density at radius 3 is 2.14 bits per heavy atom. The summed E-state index contributed by atoms with van der Waals surface area (Å²) >= 11 is 18.6. The Kier molecular flexibility index (Phi) is 10.7. The van der Waals surface area contributed by atoms with Crippen LogP contribution in [0.25, 0.3) is 0 Å². The third-order valence-corrected chi connectivity index (χ3v) is 9.47. The molecular weight excluding hydrogens is 629 g/mol. The Hall–Kier alpha value is -3.56. The van der Waals surface area contributed by atoms with Crippen molar-refractivity contribution in [2.75, 3.05) is 17.9 Å². The molecule has 0 bridgehead atoms. The van der Waals surface area contributed by atoms with Crippen molar-refractivity contribution in [3.05, 3.63) is 129 Å². The molecule has 0 aliphatic heterocycles. The maximum atomic E-state index is 14.3. The third-order valence-electron chi connectivity index (χ3n) is 6.84. The summed E-state index contributed by atoms with van der Waals surface area (Å²) in [6, 6.07) is 25.7. The number of amides is 2. The van der Waals surface area contributed by atoms with Crippen LogP contribution in [-0.4, -0.2) is 44.8 Å². The SMILES string of the molecule is CNC(=O)[C@H](Cc1ccccc1)N(Cc1ccc(Cl)cc1Cl)C(=O)CN(c1cccc(C)c1)S(=O)(=O)c1ccc(Cl)cc1. The lowest BCUT2D eigenvalue weighted by atomic mass is 10.0. The highest BCUT2D eigenvalue weighted by Gasteiger charge is 2.34. The van der Waals surface area contributed by atoms with Crippen molar-refractivity contribution in [3.8, 4) is 0 Å². The van der Waals surface area contributed by atoms with Gasteiger partial charge in [0.2, 0.25) is 11.8 Å². The van der Waals surface area contributed by atoms with Crippen LogP contribution >= 0.6 is 34.8 Å². The minimum atomic E-state index is -4.23. The van der Waals surface area contributed by atoms with Crippen LogP contribution in [0.3, 0.4) is 0 Å². The van der Waals surface area contributed by atoms with E-state index < -0.39 is 34.4 Å². The summed E-state index contributed by atoms with van der Waals surface area (Å²) in [5.41, 5.74) is 2.47. The normalized spacial score (nSPS) is 11.9. The van der Waals surface area contributed by atoms with Crippen molar-refractivity contribution >= 4 is 62.3 Å². The molecule has 0 aliphatic rings. The molecule has 0 heterocycles. The molecule has 43 heavy (non-hydrogen) atoms. The molecule has 0 radical (unpaired) electrons.